The number of halogens is 1. The van der Waals surface area contributed by atoms with E-state index in [2.05, 4.69) is 26.0 Å². The van der Waals surface area contributed by atoms with Gasteiger partial charge in [0, 0.05) is 17.5 Å². The smallest absolute Gasteiger partial charge is 0.340 e. The standard InChI is InChI=1S/C11H11BrN2O5/c1-5-7(12)4-8(14(17)18)10(13-6(2)15)9(5)11(16)19-3/h4H,1-3H3,(H,13,15). The molecule has 0 atom stereocenters. The van der Waals surface area contributed by atoms with Crippen LogP contribution in [0, 0.1) is 17.0 Å². The number of hydrogen-bond donors (Lipinski definition) is 1. The average Bonchev–Trinajstić information content (AvgIpc) is 2.32. The molecule has 0 aliphatic carbocycles. The van der Waals surface area contributed by atoms with Crippen molar-refractivity contribution in [2.45, 2.75) is 13.8 Å². The number of anilines is 1. The van der Waals surface area contributed by atoms with Crippen molar-refractivity contribution in [3.63, 3.8) is 0 Å². The Kier molecular flexibility index (Phi) is 4.60. The molecule has 1 aromatic rings. The fourth-order valence-corrected chi connectivity index (χ4v) is 1.95. The quantitative estimate of drug-likeness (QED) is 0.521. The molecule has 102 valence electrons. The molecule has 1 rings (SSSR count). The van der Waals surface area contributed by atoms with E-state index in [1.165, 1.54) is 13.0 Å². The molecule has 1 aromatic carbocycles. The lowest BCUT2D eigenvalue weighted by molar-refractivity contribution is -0.384. The number of esters is 1. The van der Waals surface area contributed by atoms with Gasteiger partial charge in [0.15, 0.2) is 0 Å². The van der Waals surface area contributed by atoms with Crippen LogP contribution in [0.25, 0.3) is 0 Å². The number of carbonyl (C=O) groups is 2. The summed E-state index contributed by atoms with van der Waals surface area (Å²) in [5.74, 6) is -1.28. The van der Waals surface area contributed by atoms with Crippen molar-refractivity contribution in [2.75, 3.05) is 12.4 Å². The first kappa shape index (κ1) is 15.1. The number of amides is 1. The number of rotatable bonds is 3. The van der Waals surface area contributed by atoms with Gasteiger partial charge in [-0.15, -0.1) is 0 Å². The number of methoxy groups -OCH3 is 1. The highest BCUT2D eigenvalue weighted by Gasteiger charge is 2.27. The Balaban J connectivity index is 3.68. The summed E-state index contributed by atoms with van der Waals surface area (Å²) in [6.07, 6.45) is 0. The minimum Gasteiger partial charge on any atom is -0.465 e. The van der Waals surface area contributed by atoms with Gasteiger partial charge in [0.2, 0.25) is 5.91 Å². The van der Waals surface area contributed by atoms with E-state index in [0.29, 0.717) is 10.0 Å². The number of ether oxygens (including phenoxy) is 1. The van der Waals surface area contributed by atoms with E-state index in [4.69, 9.17) is 0 Å². The van der Waals surface area contributed by atoms with E-state index in [1.807, 2.05) is 0 Å². The second kappa shape index (κ2) is 5.79. The Morgan fingerprint density at radius 2 is 2.05 bits per heavy atom. The summed E-state index contributed by atoms with van der Waals surface area (Å²) in [5, 5.41) is 13.3. The summed E-state index contributed by atoms with van der Waals surface area (Å²) in [6.45, 7) is 2.79. The third-order valence-electron chi connectivity index (χ3n) is 2.39. The Labute approximate surface area is 117 Å². The number of carbonyl (C=O) groups excluding carboxylic acids is 2. The van der Waals surface area contributed by atoms with Gasteiger partial charge in [0.1, 0.15) is 5.69 Å². The summed E-state index contributed by atoms with van der Waals surface area (Å²) in [4.78, 5) is 33.2. The minimum atomic E-state index is -0.759. The topological polar surface area (TPSA) is 98.5 Å². The number of benzene rings is 1. The van der Waals surface area contributed by atoms with Crippen LogP contribution in [0.1, 0.15) is 22.8 Å². The normalized spacial score (nSPS) is 9.89. The predicted molar refractivity (Wildman–Crippen MR) is 71.2 cm³/mol. The van der Waals surface area contributed by atoms with Gasteiger partial charge >= 0.3 is 5.97 Å². The molecule has 8 heteroatoms. The van der Waals surface area contributed by atoms with Gasteiger partial charge in [0.05, 0.1) is 17.6 Å². The molecule has 0 heterocycles. The fraction of sp³-hybridized carbons (Fsp3) is 0.273. The first-order chi connectivity index (χ1) is 8.79. The lowest BCUT2D eigenvalue weighted by Gasteiger charge is -2.13. The largest absolute Gasteiger partial charge is 0.465 e. The number of nitro benzene ring substituents is 1. The monoisotopic (exact) mass is 330 g/mol. The van der Waals surface area contributed by atoms with Gasteiger partial charge in [-0.3, -0.25) is 14.9 Å². The van der Waals surface area contributed by atoms with Crippen LogP contribution in [0.5, 0.6) is 0 Å². The van der Waals surface area contributed by atoms with E-state index >= 15 is 0 Å². The van der Waals surface area contributed by atoms with E-state index in [-0.39, 0.29) is 16.9 Å². The van der Waals surface area contributed by atoms with Gasteiger partial charge in [0.25, 0.3) is 5.69 Å². The van der Waals surface area contributed by atoms with Crippen molar-refractivity contribution in [3.05, 3.63) is 31.8 Å². The molecule has 0 spiro atoms. The first-order valence-electron chi connectivity index (χ1n) is 5.13. The van der Waals surface area contributed by atoms with Crippen LogP contribution in [0.3, 0.4) is 0 Å². The van der Waals surface area contributed by atoms with Crippen molar-refractivity contribution in [1.29, 1.82) is 0 Å². The maximum atomic E-state index is 11.7. The summed E-state index contributed by atoms with van der Waals surface area (Å²) in [7, 11) is 1.16. The van der Waals surface area contributed by atoms with Gasteiger partial charge < -0.3 is 10.1 Å². The summed E-state index contributed by atoms with van der Waals surface area (Å²) >= 11 is 3.14. The highest BCUT2D eigenvalue weighted by atomic mass is 79.9. The summed E-state index contributed by atoms with van der Waals surface area (Å²) < 4.78 is 4.98. The lowest BCUT2D eigenvalue weighted by Crippen LogP contribution is -2.15. The number of nitrogens with one attached hydrogen (secondary N) is 1. The third-order valence-corrected chi connectivity index (χ3v) is 3.21. The Morgan fingerprint density at radius 3 is 2.47 bits per heavy atom. The van der Waals surface area contributed by atoms with Crippen LogP contribution < -0.4 is 5.32 Å². The lowest BCUT2D eigenvalue weighted by atomic mass is 10.0. The maximum absolute atomic E-state index is 11.7. The van der Waals surface area contributed by atoms with Crippen LogP contribution in [0.4, 0.5) is 11.4 Å². The molecule has 0 bridgehead atoms. The summed E-state index contributed by atoms with van der Waals surface area (Å²) in [5.41, 5.74) is -0.141. The van der Waals surface area contributed by atoms with Crippen LogP contribution in [0.2, 0.25) is 0 Å². The SMILES string of the molecule is COC(=O)c1c(C)c(Br)cc([N+](=O)[O-])c1NC(C)=O. The molecule has 0 fully saturated rings. The number of nitrogens with zero attached hydrogens (tertiary/aromatic N) is 1. The fourth-order valence-electron chi connectivity index (χ4n) is 1.54. The molecule has 0 unspecified atom stereocenters. The highest BCUT2D eigenvalue weighted by molar-refractivity contribution is 9.10. The predicted octanol–water partition coefficient (Wildman–Crippen LogP) is 2.41. The molecule has 19 heavy (non-hydrogen) atoms. The minimum absolute atomic E-state index is 0.0428. The van der Waals surface area contributed by atoms with Crippen molar-refractivity contribution in [2.24, 2.45) is 0 Å². The maximum Gasteiger partial charge on any atom is 0.340 e. The first-order valence-corrected chi connectivity index (χ1v) is 5.92. The molecule has 0 aromatic heterocycles. The molecule has 0 saturated carbocycles. The van der Waals surface area contributed by atoms with E-state index in [1.54, 1.807) is 6.92 Å². The van der Waals surface area contributed by atoms with E-state index in [9.17, 15) is 19.7 Å². The Morgan fingerprint density at radius 1 is 1.47 bits per heavy atom. The van der Waals surface area contributed by atoms with Crippen LogP contribution in [-0.4, -0.2) is 23.9 Å². The highest BCUT2D eigenvalue weighted by Crippen LogP contribution is 2.36. The number of nitro groups is 1. The second-order valence-corrected chi connectivity index (χ2v) is 4.54. The molecule has 0 saturated heterocycles. The Hall–Kier alpha value is -1.96. The molecule has 0 aliphatic rings. The van der Waals surface area contributed by atoms with Crippen LogP contribution in [-0.2, 0) is 9.53 Å². The zero-order chi connectivity index (χ0) is 14.7. The van der Waals surface area contributed by atoms with Crippen molar-refractivity contribution >= 4 is 39.2 Å². The van der Waals surface area contributed by atoms with Gasteiger partial charge in [-0.1, -0.05) is 15.9 Å². The van der Waals surface area contributed by atoms with E-state index < -0.39 is 16.8 Å². The zero-order valence-corrected chi connectivity index (χ0v) is 12.0. The van der Waals surface area contributed by atoms with Crippen molar-refractivity contribution in [1.82, 2.24) is 0 Å². The van der Waals surface area contributed by atoms with Crippen LogP contribution >= 0.6 is 15.9 Å². The molecular formula is C11H11BrN2O5. The van der Waals surface area contributed by atoms with Gasteiger partial charge in [-0.2, -0.15) is 0 Å². The second-order valence-electron chi connectivity index (χ2n) is 3.68. The van der Waals surface area contributed by atoms with Crippen molar-refractivity contribution in [3.8, 4) is 0 Å². The molecule has 1 amide bonds. The van der Waals surface area contributed by atoms with E-state index in [0.717, 1.165) is 7.11 Å². The molecule has 1 N–H and O–H groups in total. The summed E-state index contributed by atoms with van der Waals surface area (Å²) in [6, 6.07) is 1.23. The molecule has 0 radical (unpaired) electrons. The molecular weight excluding hydrogens is 320 g/mol. The van der Waals surface area contributed by atoms with Gasteiger partial charge in [-0.25, -0.2) is 4.79 Å². The van der Waals surface area contributed by atoms with Crippen molar-refractivity contribution < 1.29 is 19.2 Å². The number of hydrogen-bond acceptors (Lipinski definition) is 5. The third kappa shape index (κ3) is 3.08. The average molecular weight is 331 g/mol. The van der Waals surface area contributed by atoms with Gasteiger partial charge in [-0.05, 0) is 12.5 Å². The molecule has 7 nitrogen and oxygen atoms in total. The Bertz CT molecular complexity index is 571. The van der Waals surface area contributed by atoms with Crippen LogP contribution in [0.15, 0.2) is 10.5 Å². The molecule has 0 aliphatic heterocycles. The zero-order valence-electron chi connectivity index (χ0n) is 10.4.